The lowest BCUT2D eigenvalue weighted by Crippen LogP contribution is -2.08. The van der Waals surface area contributed by atoms with Crippen molar-refractivity contribution in [1.29, 1.82) is 0 Å². The summed E-state index contributed by atoms with van der Waals surface area (Å²) in [6.45, 7) is 11.5. The van der Waals surface area contributed by atoms with Crippen molar-refractivity contribution in [2.45, 2.75) is 27.7 Å². The lowest BCUT2D eigenvalue weighted by molar-refractivity contribution is 0.907. The molecule has 0 radical (unpaired) electrons. The Morgan fingerprint density at radius 3 is 2.23 bits per heavy atom. The van der Waals surface area contributed by atoms with Gasteiger partial charge in [-0.25, -0.2) is 4.68 Å². The summed E-state index contributed by atoms with van der Waals surface area (Å²) in [4.78, 5) is 0. The number of rotatable bonds is 2. The van der Waals surface area contributed by atoms with Crippen molar-refractivity contribution in [3.63, 3.8) is 0 Å². The van der Waals surface area contributed by atoms with Gasteiger partial charge in [0.25, 0.3) is 0 Å². The SMILES string of the molecule is C=Cc1nncn1NC.CC.CC. The van der Waals surface area contributed by atoms with E-state index in [1.54, 1.807) is 24.1 Å². The van der Waals surface area contributed by atoms with E-state index in [4.69, 9.17) is 0 Å². The summed E-state index contributed by atoms with van der Waals surface area (Å²) in [5.74, 6) is 0.720. The quantitative estimate of drug-likeness (QED) is 0.765. The predicted molar refractivity (Wildman–Crippen MR) is 58.1 cm³/mol. The van der Waals surface area contributed by atoms with Crippen LogP contribution < -0.4 is 5.43 Å². The Hall–Kier alpha value is -1.32. The van der Waals surface area contributed by atoms with Crippen LogP contribution in [0.3, 0.4) is 0 Å². The van der Waals surface area contributed by atoms with E-state index in [0.29, 0.717) is 0 Å². The molecule has 0 atom stereocenters. The second-order valence-electron chi connectivity index (χ2n) is 1.49. The van der Waals surface area contributed by atoms with Crippen molar-refractivity contribution in [2.75, 3.05) is 12.5 Å². The molecule has 0 spiro atoms. The Labute approximate surface area is 80.7 Å². The van der Waals surface area contributed by atoms with E-state index in [-0.39, 0.29) is 0 Å². The molecule has 0 amide bonds. The molecule has 1 heterocycles. The second kappa shape index (κ2) is 10.7. The predicted octanol–water partition coefficient (Wildman–Crippen LogP) is 2.15. The van der Waals surface area contributed by atoms with Gasteiger partial charge in [0.1, 0.15) is 6.33 Å². The van der Waals surface area contributed by atoms with Gasteiger partial charge in [0.2, 0.25) is 0 Å². The molecular weight excluding hydrogens is 164 g/mol. The molecule has 13 heavy (non-hydrogen) atoms. The lowest BCUT2D eigenvalue weighted by Gasteiger charge is -1.97. The van der Waals surface area contributed by atoms with Crippen LogP contribution in [-0.4, -0.2) is 21.9 Å². The van der Waals surface area contributed by atoms with Crippen LogP contribution in [0.15, 0.2) is 12.9 Å². The fourth-order valence-corrected chi connectivity index (χ4v) is 0.555. The van der Waals surface area contributed by atoms with Crippen LogP contribution in [0.25, 0.3) is 6.08 Å². The van der Waals surface area contributed by atoms with Crippen molar-refractivity contribution < 1.29 is 0 Å². The number of nitrogens with zero attached hydrogens (tertiary/aromatic N) is 3. The van der Waals surface area contributed by atoms with Crippen LogP contribution >= 0.6 is 0 Å². The minimum Gasteiger partial charge on any atom is -0.326 e. The Balaban J connectivity index is 0. The molecule has 0 saturated heterocycles. The maximum Gasteiger partial charge on any atom is 0.174 e. The van der Waals surface area contributed by atoms with Crippen molar-refractivity contribution >= 4 is 6.08 Å². The average molecular weight is 184 g/mol. The Bertz CT molecular complexity index is 205. The first-order valence-electron chi connectivity index (χ1n) is 4.58. The standard InChI is InChI=1S/C5H8N4.2C2H6/c1-3-5-8-7-4-9(5)6-2;2*1-2/h3-4,6H,1H2,2H3;2*1-2H3. The molecule has 0 fully saturated rings. The molecule has 0 saturated carbocycles. The maximum absolute atomic E-state index is 3.74. The third kappa shape index (κ3) is 5.00. The fourth-order valence-electron chi connectivity index (χ4n) is 0.555. The highest BCUT2D eigenvalue weighted by Gasteiger charge is 1.92. The van der Waals surface area contributed by atoms with Gasteiger partial charge < -0.3 is 5.43 Å². The third-order valence-electron chi connectivity index (χ3n) is 0.998. The maximum atomic E-state index is 3.74. The zero-order valence-electron chi connectivity index (χ0n) is 9.20. The van der Waals surface area contributed by atoms with Crippen molar-refractivity contribution in [3.8, 4) is 0 Å². The number of nitrogens with one attached hydrogen (secondary N) is 1. The highest BCUT2D eigenvalue weighted by molar-refractivity contribution is 5.35. The first-order valence-corrected chi connectivity index (χ1v) is 4.58. The van der Waals surface area contributed by atoms with E-state index in [1.807, 2.05) is 27.7 Å². The topological polar surface area (TPSA) is 42.7 Å². The largest absolute Gasteiger partial charge is 0.326 e. The second-order valence-corrected chi connectivity index (χ2v) is 1.49. The Kier molecular flexibility index (Phi) is 11.7. The van der Waals surface area contributed by atoms with Crippen LogP contribution in [0.1, 0.15) is 33.5 Å². The summed E-state index contributed by atoms with van der Waals surface area (Å²) in [5.41, 5.74) is 2.85. The molecule has 1 N–H and O–H groups in total. The van der Waals surface area contributed by atoms with Gasteiger partial charge in [-0.1, -0.05) is 34.3 Å². The van der Waals surface area contributed by atoms with Crippen molar-refractivity contribution in [2.24, 2.45) is 0 Å². The minimum absolute atomic E-state index is 0.720. The normalized spacial score (nSPS) is 7.15. The summed E-state index contributed by atoms with van der Waals surface area (Å²) in [7, 11) is 1.79. The molecular formula is C9H20N4. The zero-order chi connectivity index (χ0) is 10.7. The van der Waals surface area contributed by atoms with E-state index >= 15 is 0 Å². The summed E-state index contributed by atoms with van der Waals surface area (Å²) in [5, 5.41) is 7.38. The zero-order valence-corrected chi connectivity index (χ0v) is 9.20. The number of hydrogen-bond acceptors (Lipinski definition) is 3. The monoisotopic (exact) mass is 184 g/mol. The summed E-state index contributed by atoms with van der Waals surface area (Å²) >= 11 is 0. The third-order valence-corrected chi connectivity index (χ3v) is 0.998. The highest BCUT2D eigenvalue weighted by Crippen LogP contribution is 1.90. The molecule has 4 nitrogen and oxygen atoms in total. The minimum atomic E-state index is 0.720. The number of aromatic nitrogens is 3. The average Bonchev–Trinajstić information content (AvgIpc) is 2.70. The first-order chi connectivity index (χ1) is 6.38. The molecule has 1 aromatic heterocycles. The molecule has 0 bridgehead atoms. The molecule has 1 aromatic rings. The fraction of sp³-hybridized carbons (Fsp3) is 0.556. The van der Waals surface area contributed by atoms with Gasteiger partial charge in [0.15, 0.2) is 5.82 Å². The van der Waals surface area contributed by atoms with E-state index in [2.05, 4.69) is 22.2 Å². The molecule has 0 aliphatic rings. The van der Waals surface area contributed by atoms with Gasteiger partial charge in [-0.2, -0.15) is 0 Å². The van der Waals surface area contributed by atoms with Crippen LogP contribution in [0.2, 0.25) is 0 Å². The summed E-state index contributed by atoms with van der Waals surface area (Å²) < 4.78 is 1.67. The first kappa shape index (κ1) is 14.2. The van der Waals surface area contributed by atoms with Crippen LogP contribution in [0.4, 0.5) is 0 Å². The van der Waals surface area contributed by atoms with Crippen LogP contribution in [-0.2, 0) is 0 Å². The van der Waals surface area contributed by atoms with E-state index in [1.165, 1.54) is 0 Å². The van der Waals surface area contributed by atoms with Gasteiger partial charge in [-0.3, -0.25) is 0 Å². The van der Waals surface area contributed by atoms with Gasteiger partial charge >= 0.3 is 0 Å². The van der Waals surface area contributed by atoms with Crippen LogP contribution in [0, 0.1) is 0 Å². The van der Waals surface area contributed by atoms with Gasteiger partial charge in [0.05, 0.1) is 0 Å². The Morgan fingerprint density at radius 2 is 1.92 bits per heavy atom. The molecule has 4 heteroatoms. The van der Waals surface area contributed by atoms with Crippen molar-refractivity contribution in [3.05, 3.63) is 18.7 Å². The molecule has 0 unspecified atom stereocenters. The van der Waals surface area contributed by atoms with Crippen molar-refractivity contribution in [1.82, 2.24) is 14.9 Å². The van der Waals surface area contributed by atoms with E-state index < -0.39 is 0 Å². The van der Waals surface area contributed by atoms with E-state index in [0.717, 1.165) is 5.82 Å². The smallest absolute Gasteiger partial charge is 0.174 e. The molecule has 1 rings (SSSR count). The highest BCUT2D eigenvalue weighted by atomic mass is 15.5. The molecule has 0 aromatic carbocycles. The molecule has 76 valence electrons. The Morgan fingerprint density at radius 1 is 1.38 bits per heavy atom. The van der Waals surface area contributed by atoms with Gasteiger partial charge in [0, 0.05) is 7.05 Å². The van der Waals surface area contributed by atoms with Gasteiger partial charge in [-0.05, 0) is 6.08 Å². The molecule has 0 aliphatic carbocycles. The summed E-state index contributed by atoms with van der Waals surface area (Å²) in [6.07, 6.45) is 3.21. The van der Waals surface area contributed by atoms with E-state index in [9.17, 15) is 0 Å². The summed E-state index contributed by atoms with van der Waals surface area (Å²) in [6, 6.07) is 0. The molecule has 0 aliphatic heterocycles. The number of hydrogen-bond donors (Lipinski definition) is 1. The van der Waals surface area contributed by atoms with Crippen LogP contribution in [0.5, 0.6) is 0 Å². The lowest BCUT2D eigenvalue weighted by atomic mass is 10.6. The van der Waals surface area contributed by atoms with Gasteiger partial charge in [-0.15, -0.1) is 10.2 Å².